The maximum Gasteiger partial charge on any atom is 0.191 e. The van der Waals surface area contributed by atoms with Gasteiger partial charge in [0.2, 0.25) is 0 Å². The van der Waals surface area contributed by atoms with Crippen LogP contribution in [0.25, 0.3) is 0 Å². The molecule has 2 rings (SSSR count). The van der Waals surface area contributed by atoms with Gasteiger partial charge in [-0.3, -0.25) is 9.80 Å². The highest BCUT2D eigenvalue weighted by molar-refractivity contribution is 5.79. The van der Waals surface area contributed by atoms with E-state index in [0.717, 1.165) is 65.0 Å². The van der Waals surface area contributed by atoms with E-state index in [-0.39, 0.29) is 0 Å². The molecule has 6 nitrogen and oxygen atoms in total. The van der Waals surface area contributed by atoms with E-state index in [2.05, 4.69) is 72.4 Å². The molecule has 0 spiro atoms. The van der Waals surface area contributed by atoms with E-state index in [1.807, 2.05) is 0 Å². The lowest BCUT2D eigenvalue weighted by Crippen LogP contribution is -2.49. The highest BCUT2D eigenvalue weighted by Crippen LogP contribution is 2.09. The molecule has 0 aliphatic carbocycles. The van der Waals surface area contributed by atoms with E-state index in [9.17, 15) is 0 Å². The lowest BCUT2D eigenvalue weighted by molar-refractivity contribution is 0.0211. The van der Waals surface area contributed by atoms with Crippen molar-refractivity contribution in [3.05, 3.63) is 35.4 Å². The van der Waals surface area contributed by atoms with Crippen LogP contribution in [0.2, 0.25) is 0 Å². The van der Waals surface area contributed by atoms with E-state index in [4.69, 9.17) is 9.73 Å². The highest BCUT2D eigenvalue weighted by atomic mass is 16.5. The normalized spacial score (nSPS) is 17.0. The van der Waals surface area contributed by atoms with Crippen LogP contribution in [0.1, 0.15) is 38.8 Å². The lowest BCUT2D eigenvalue weighted by atomic mass is 10.1. The number of aliphatic imine (C=N–C) groups is 1. The minimum Gasteiger partial charge on any atom is -0.379 e. The van der Waals surface area contributed by atoms with Crippen LogP contribution in [0.5, 0.6) is 0 Å². The van der Waals surface area contributed by atoms with Gasteiger partial charge in [-0.2, -0.15) is 0 Å². The van der Waals surface area contributed by atoms with Gasteiger partial charge in [-0.05, 0) is 38.1 Å². The number of hydrogen-bond donors (Lipinski definition) is 2. The summed E-state index contributed by atoms with van der Waals surface area (Å²) in [4.78, 5) is 9.66. The smallest absolute Gasteiger partial charge is 0.191 e. The van der Waals surface area contributed by atoms with Crippen LogP contribution < -0.4 is 10.6 Å². The maximum atomic E-state index is 5.44. The number of nitrogens with one attached hydrogen (secondary N) is 2. The monoisotopic (exact) mass is 389 g/mol. The number of benzene rings is 1. The Hall–Kier alpha value is -1.63. The molecular weight excluding hydrogens is 350 g/mol. The van der Waals surface area contributed by atoms with Crippen LogP contribution in [-0.2, 0) is 17.8 Å². The van der Waals surface area contributed by atoms with E-state index in [0.29, 0.717) is 12.6 Å². The zero-order valence-electron chi connectivity index (χ0n) is 18.2. The number of ether oxygens (including phenoxy) is 1. The second-order valence-electron chi connectivity index (χ2n) is 7.35. The molecule has 1 fully saturated rings. The van der Waals surface area contributed by atoms with E-state index < -0.39 is 0 Å². The van der Waals surface area contributed by atoms with Crippen molar-refractivity contribution in [3.63, 3.8) is 0 Å². The van der Waals surface area contributed by atoms with Crippen molar-refractivity contribution in [1.82, 2.24) is 20.4 Å². The SMILES string of the molecule is CCNC(=NCc1ccc(CN(CC)CC)cc1)NCC(C)N1CCOCC1. The highest BCUT2D eigenvalue weighted by Gasteiger charge is 2.16. The average Bonchev–Trinajstić information content (AvgIpc) is 2.75. The minimum absolute atomic E-state index is 0.465. The molecule has 0 amide bonds. The van der Waals surface area contributed by atoms with Crippen molar-refractivity contribution < 1.29 is 4.74 Å². The molecule has 0 saturated carbocycles. The summed E-state index contributed by atoms with van der Waals surface area (Å²) in [6.45, 7) is 18.1. The van der Waals surface area contributed by atoms with E-state index in [1.54, 1.807) is 0 Å². The van der Waals surface area contributed by atoms with Crippen molar-refractivity contribution in [2.75, 3.05) is 52.5 Å². The Morgan fingerprint density at radius 2 is 1.71 bits per heavy atom. The number of hydrogen-bond acceptors (Lipinski definition) is 4. The van der Waals surface area contributed by atoms with Gasteiger partial charge >= 0.3 is 0 Å². The van der Waals surface area contributed by atoms with Gasteiger partial charge in [-0.15, -0.1) is 0 Å². The van der Waals surface area contributed by atoms with Crippen molar-refractivity contribution in [2.24, 2.45) is 4.99 Å². The van der Waals surface area contributed by atoms with Crippen molar-refractivity contribution in [2.45, 2.75) is 46.8 Å². The molecule has 1 aromatic rings. The Bertz CT molecular complexity index is 565. The first kappa shape index (κ1) is 22.7. The summed E-state index contributed by atoms with van der Waals surface area (Å²) in [5.74, 6) is 0.884. The Balaban J connectivity index is 1.85. The molecule has 6 heteroatoms. The Morgan fingerprint density at radius 3 is 2.32 bits per heavy atom. The number of guanidine groups is 1. The minimum atomic E-state index is 0.465. The third-order valence-corrected chi connectivity index (χ3v) is 5.32. The summed E-state index contributed by atoms with van der Waals surface area (Å²) in [5.41, 5.74) is 2.60. The first-order chi connectivity index (χ1) is 13.7. The molecule has 1 atom stereocenters. The third-order valence-electron chi connectivity index (χ3n) is 5.32. The molecule has 0 aromatic heterocycles. The summed E-state index contributed by atoms with van der Waals surface area (Å²) in [7, 11) is 0. The molecule has 28 heavy (non-hydrogen) atoms. The summed E-state index contributed by atoms with van der Waals surface area (Å²) >= 11 is 0. The molecule has 1 aromatic carbocycles. The van der Waals surface area contributed by atoms with Gasteiger partial charge in [0.05, 0.1) is 19.8 Å². The topological polar surface area (TPSA) is 52.1 Å². The quantitative estimate of drug-likeness (QED) is 0.475. The van der Waals surface area contributed by atoms with E-state index >= 15 is 0 Å². The van der Waals surface area contributed by atoms with Crippen LogP contribution >= 0.6 is 0 Å². The van der Waals surface area contributed by atoms with Crippen LogP contribution in [-0.4, -0.2) is 74.3 Å². The maximum absolute atomic E-state index is 5.44. The number of rotatable bonds is 10. The van der Waals surface area contributed by atoms with Gasteiger partial charge in [0.25, 0.3) is 0 Å². The van der Waals surface area contributed by atoms with Crippen LogP contribution in [0.4, 0.5) is 0 Å². The summed E-state index contributed by atoms with van der Waals surface area (Å²) in [5, 5.41) is 6.84. The Kier molecular flexibility index (Phi) is 10.3. The second-order valence-corrected chi connectivity index (χ2v) is 7.35. The summed E-state index contributed by atoms with van der Waals surface area (Å²) in [6.07, 6.45) is 0. The fourth-order valence-electron chi connectivity index (χ4n) is 3.36. The van der Waals surface area contributed by atoms with Gasteiger partial charge < -0.3 is 15.4 Å². The van der Waals surface area contributed by atoms with Gasteiger partial charge in [0.15, 0.2) is 5.96 Å². The van der Waals surface area contributed by atoms with Crippen LogP contribution in [0.15, 0.2) is 29.3 Å². The molecule has 1 heterocycles. The largest absolute Gasteiger partial charge is 0.379 e. The molecule has 1 unspecified atom stereocenters. The average molecular weight is 390 g/mol. The molecule has 158 valence electrons. The first-order valence-corrected chi connectivity index (χ1v) is 10.8. The summed E-state index contributed by atoms with van der Waals surface area (Å²) < 4.78 is 5.44. The molecular formula is C22H39N5O. The predicted molar refractivity (Wildman–Crippen MR) is 118 cm³/mol. The standard InChI is InChI=1S/C22H39N5O/c1-5-23-22(24-16-19(4)27-12-14-28-15-13-27)25-17-20-8-10-21(11-9-20)18-26(6-2)7-3/h8-11,19H,5-7,12-18H2,1-4H3,(H2,23,24,25). The zero-order valence-corrected chi connectivity index (χ0v) is 18.2. The molecule has 0 bridgehead atoms. The third kappa shape index (κ3) is 7.78. The molecule has 1 aliphatic rings. The first-order valence-electron chi connectivity index (χ1n) is 10.8. The van der Waals surface area contributed by atoms with Crippen molar-refractivity contribution in [3.8, 4) is 0 Å². The molecule has 0 radical (unpaired) electrons. The summed E-state index contributed by atoms with van der Waals surface area (Å²) in [6, 6.07) is 9.31. The van der Waals surface area contributed by atoms with Crippen molar-refractivity contribution in [1.29, 1.82) is 0 Å². The molecule has 2 N–H and O–H groups in total. The van der Waals surface area contributed by atoms with Gasteiger partial charge in [-0.1, -0.05) is 38.1 Å². The van der Waals surface area contributed by atoms with Crippen LogP contribution in [0, 0.1) is 0 Å². The van der Waals surface area contributed by atoms with Gasteiger partial charge in [0.1, 0.15) is 0 Å². The fourth-order valence-corrected chi connectivity index (χ4v) is 3.36. The Morgan fingerprint density at radius 1 is 1.07 bits per heavy atom. The van der Waals surface area contributed by atoms with E-state index in [1.165, 1.54) is 11.1 Å². The van der Waals surface area contributed by atoms with Crippen molar-refractivity contribution >= 4 is 5.96 Å². The van der Waals surface area contributed by atoms with Crippen LogP contribution in [0.3, 0.4) is 0 Å². The second kappa shape index (κ2) is 12.8. The molecule has 1 aliphatic heterocycles. The zero-order chi connectivity index (χ0) is 20.2. The number of morpholine rings is 1. The Labute approximate surface area is 171 Å². The number of nitrogens with zero attached hydrogens (tertiary/aromatic N) is 3. The van der Waals surface area contributed by atoms with Gasteiger partial charge in [-0.25, -0.2) is 4.99 Å². The lowest BCUT2D eigenvalue weighted by Gasteiger charge is -2.32. The fraction of sp³-hybridized carbons (Fsp3) is 0.682. The molecule has 1 saturated heterocycles. The predicted octanol–water partition coefficient (Wildman–Crippen LogP) is 2.30. The van der Waals surface area contributed by atoms with Gasteiger partial charge in [0, 0.05) is 38.8 Å².